The zero-order valence-electron chi connectivity index (χ0n) is 14.0. The Hall–Kier alpha value is -2.18. The van der Waals surface area contributed by atoms with Gasteiger partial charge in [0.05, 0.1) is 6.54 Å². The topological polar surface area (TPSA) is 75.6 Å². The number of hydrogen-bond donors (Lipinski definition) is 0. The minimum atomic E-state index is -0.0968. The molecule has 1 aromatic heterocycles. The van der Waals surface area contributed by atoms with E-state index in [1.807, 2.05) is 19.0 Å². The smallest absolute Gasteiger partial charge is 0.257 e. The summed E-state index contributed by atoms with van der Waals surface area (Å²) in [6.45, 7) is 2.75. The summed E-state index contributed by atoms with van der Waals surface area (Å²) in [4.78, 5) is 35.3. The van der Waals surface area contributed by atoms with Crippen LogP contribution in [-0.2, 0) is 9.59 Å². The van der Waals surface area contributed by atoms with Crippen LogP contribution in [0.2, 0.25) is 0 Å². The molecule has 2 heterocycles. The van der Waals surface area contributed by atoms with Gasteiger partial charge in [-0.1, -0.05) is 0 Å². The average molecular weight is 320 g/mol. The number of carbonyl (C=O) groups excluding carboxylic acids is 2. The quantitative estimate of drug-likeness (QED) is 0.786. The van der Waals surface area contributed by atoms with Crippen molar-refractivity contribution in [1.82, 2.24) is 14.9 Å². The Morgan fingerprint density at radius 3 is 2.74 bits per heavy atom. The molecule has 0 bridgehead atoms. The molecule has 1 atom stereocenters. The summed E-state index contributed by atoms with van der Waals surface area (Å²) in [6.07, 6.45) is 5.46. The molecule has 1 unspecified atom stereocenters. The minimum Gasteiger partial charge on any atom is -0.470 e. The molecule has 1 aromatic rings. The second kappa shape index (κ2) is 7.89. The molecule has 0 spiro atoms. The second-order valence-corrected chi connectivity index (χ2v) is 6.00. The molecule has 0 aliphatic carbocycles. The van der Waals surface area contributed by atoms with Crippen molar-refractivity contribution in [2.75, 3.05) is 32.1 Å². The van der Waals surface area contributed by atoms with Crippen LogP contribution in [0.1, 0.15) is 32.6 Å². The average Bonchev–Trinajstić information content (AvgIpc) is 2.53. The highest BCUT2D eigenvalue weighted by atomic mass is 16.5. The molecule has 1 saturated heterocycles. The molecular weight excluding hydrogens is 296 g/mol. The van der Waals surface area contributed by atoms with Gasteiger partial charge in [0.1, 0.15) is 11.9 Å². The van der Waals surface area contributed by atoms with E-state index in [4.69, 9.17) is 4.74 Å². The van der Waals surface area contributed by atoms with Crippen LogP contribution in [0.15, 0.2) is 12.4 Å². The SMILES string of the molecule is CC(=O)CCC(=O)N1CCCC(Oc2nccnc2N(C)C)C1. The van der Waals surface area contributed by atoms with Gasteiger partial charge in [0.25, 0.3) is 5.88 Å². The zero-order chi connectivity index (χ0) is 16.8. The highest BCUT2D eigenvalue weighted by Gasteiger charge is 2.26. The summed E-state index contributed by atoms with van der Waals surface area (Å²) >= 11 is 0. The maximum absolute atomic E-state index is 12.2. The molecule has 0 N–H and O–H groups in total. The molecule has 0 aromatic carbocycles. The second-order valence-electron chi connectivity index (χ2n) is 6.00. The summed E-state index contributed by atoms with van der Waals surface area (Å²) in [7, 11) is 3.77. The van der Waals surface area contributed by atoms with E-state index < -0.39 is 0 Å². The molecule has 126 valence electrons. The molecule has 1 aliphatic rings. The molecule has 1 amide bonds. The first-order chi connectivity index (χ1) is 11.0. The van der Waals surface area contributed by atoms with Gasteiger partial charge in [-0.2, -0.15) is 0 Å². The van der Waals surface area contributed by atoms with E-state index in [9.17, 15) is 9.59 Å². The Bertz CT molecular complexity index is 562. The van der Waals surface area contributed by atoms with Crippen LogP contribution in [0.25, 0.3) is 0 Å². The lowest BCUT2D eigenvalue weighted by atomic mass is 10.1. The van der Waals surface area contributed by atoms with Gasteiger partial charge in [-0.05, 0) is 19.8 Å². The highest BCUT2D eigenvalue weighted by molar-refractivity contribution is 5.83. The van der Waals surface area contributed by atoms with E-state index in [0.717, 1.165) is 19.4 Å². The first-order valence-electron chi connectivity index (χ1n) is 7.89. The molecule has 7 heteroatoms. The fourth-order valence-electron chi connectivity index (χ4n) is 2.57. The van der Waals surface area contributed by atoms with E-state index in [-0.39, 0.29) is 24.2 Å². The molecule has 0 saturated carbocycles. The van der Waals surface area contributed by atoms with Crippen LogP contribution in [0.3, 0.4) is 0 Å². The van der Waals surface area contributed by atoms with Crippen molar-refractivity contribution >= 4 is 17.5 Å². The van der Waals surface area contributed by atoms with E-state index in [0.29, 0.717) is 24.7 Å². The fraction of sp³-hybridized carbons (Fsp3) is 0.625. The van der Waals surface area contributed by atoms with E-state index in [1.54, 1.807) is 17.3 Å². The number of anilines is 1. The number of ketones is 1. The Morgan fingerprint density at radius 1 is 1.30 bits per heavy atom. The van der Waals surface area contributed by atoms with Gasteiger partial charge in [-0.15, -0.1) is 0 Å². The number of ether oxygens (including phenoxy) is 1. The van der Waals surface area contributed by atoms with Crippen molar-refractivity contribution < 1.29 is 14.3 Å². The fourth-order valence-corrected chi connectivity index (χ4v) is 2.57. The predicted molar refractivity (Wildman–Crippen MR) is 86.5 cm³/mol. The summed E-state index contributed by atoms with van der Waals surface area (Å²) in [5, 5.41) is 0. The van der Waals surface area contributed by atoms with Crippen molar-refractivity contribution in [2.45, 2.75) is 38.7 Å². The van der Waals surface area contributed by atoms with E-state index in [1.165, 1.54) is 6.92 Å². The molecule has 2 rings (SSSR count). The number of likely N-dealkylation sites (tertiary alicyclic amines) is 1. The predicted octanol–water partition coefficient (Wildman–Crippen LogP) is 1.28. The third-order valence-corrected chi connectivity index (χ3v) is 3.77. The number of aromatic nitrogens is 2. The number of piperidine rings is 1. The zero-order valence-corrected chi connectivity index (χ0v) is 14.0. The highest BCUT2D eigenvalue weighted by Crippen LogP contribution is 2.24. The van der Waals surface area contributed by atoms with E-state index in [2.05, 4.69) is 9.97 Å². The Morgan fingerprint density at radius 2 is 2.04 bits per heavy atom. The normalized spacial score (nSPS) is 17.7. The number of rotatable bonds is 6. The first kappa shape index (κ1) is 17.2. The molecule has 7 nitrogen and oxygen atoms in total. The maximum Gasteiger partial charge on any atom is 0.257 e. The Balaban J connectivity index is 1.96. The monoisotopic (exact) mass is 320 g/mol. The summed E-state index contributed by atoms with van der Waals surface area (Å²) in [5.41, 5.74) is 0. The van der Waals surface area contributed by atoms with Gasteiger partial charge in [0.15, 0.2) is 5.82 Å². The number of carbonyl (C=O) groups is 2. The molecule has 1 fully saturated rings. The van der Waals surface area contributed by atoms with Gasteiger partial charge >= 0.3 is 0 Å². The maximum atomic E-state index is 12.2. The van der Waals surface area contributed by atoms with Crippen molar-refractivity contribution in [1.29, 1.82) is 0 Å². The van der Waals surface area contributed by atoms with Crippen LogP contribution >= 0.6 is 0 Å². The van der Waals surface area contributed by atoms with Crippen molar-refractivity contribution in [2.24, 2.45) is 0 Å². The van der Waals surface area contributed by atoms with Crippen LogP contribution in [0.5, 0.6) is 5.88 Å². The lowest BCUT2D eigenvalue weighted by molar-refractivity contribution is -0.135. The van der Waals surface area contributed by atoms with Crippen molar-refractivity contribution in [3.8, 4) is 5.88 Å². The lowest BCUT2D eigenvalue weighted by Gasteiger charge is -2.33. The Kier molecular flexibility index (Phi) is 5.90. The number of Topliss-reactive ketones (excluding diaryl/α,β-unsaturated/α-hetero) is 1. The van der Waals surface area contributed by atoms with Gasteiger partial charge in [-0.25, -0.2) is 9.97 Å². The van der Waals surface area contributed by atoms with Crippen LogP contribution in [0, 0.1) is 0 Å². The van der Waals surface area contributed by atoms with Gasteiger partial charge < -0.3 is 19.3 Å². The van der Waals surface area contributed by atoms with Crippen LogP contribution < -0.4 is 9.64 Å². The lowest BCUT2D eigenvalue weighted by Crippen LogP contribution is -2.44. The third-order valence-electron chi connectivity index (χ3n) is 3.77. The van der Waals surface area contributed by atoms with Gasteiger partial charge in [0, 0.05) is 45.9 Å². The summed E-state index contributed by atoms with van der Waals surface area (Å²) < 4.78 is 5.98. The molecule has 23 heavy (non-hydrogen) atoms. The third kappa shape index (κ3) is 4.91. The Labute approximate surface area is 136 Å². The number of nitrogens with zero attached hydrogens (tertiary/aromatic N) is 4. The summed E-state index contributed by atoms with van der Waals surface area (Å²) in [6, 6.07) is 0. The summed E-state index contributed by atoms with van der Waals surface area (Å²) in [5.74, 6) is 1.21. The van der Waals surface area contributed by atoms with E-state index >= 15 is 0 Å². The molecule has 0 radical (unpaired) electrons. The van der Waals surface area contributed by atoms with Crippen molar-refractivity contribution in [3.05, 3.63) is 12.4 Å². The van der Waals surface area contributed by atoms with Gasteiger partial charge in [0.2, 0.25) is 5.91 Å². The van der Waals surface area contributed by atoms with Gasteiger partial charge in [-0.3, -0.25) is 4.79 Å². The number of hydrogen-bond acceptors (Lipinski definition) is 6. The number of amides is 1. The molecule has 1 aliphatic heterocycles. The van der Waals surface area contributed by atoms with Crippen molar-refractivity contribution in [3.63, 3.8) is 0 Å². The molecular formula is C16H24N4O3. The minimum absolute atomic E-state index is 0.0143. The first-order valence-corrected chi connectivity index (χ1v) is 7.89. The standard InChI is InChI=1S/C16H24N4O3/c1-12(21)6-7-14(22)20-10-4-5-13(11-20)23-16-15(19(2)3)17-8-9-18-16/h8-9,13H,4-7,10-11H2,1-3H3. The van der Waals surface area contributed by atoms with Crippen LogP contribution in [0.4, 0.5) is 5.82 Å². The van der Waals surface area contributed by atoms with Crippen LogP contribution in [-0.4, -0.2) is 59.8 Å². The largest absolute Gasteiger partial charge is 0.470 e.